The molecule has 0 aromatic heterocycles. The van der Waals surface area contributed by atoms with Crippen molar-refractivity contribution in [3.05, 3.63) is 28.7 Å². The van der Waals surface area contributed by atoms with Crippen molar-refractivity contribution in [2.45, 2.75) is 44.1 Å². The first kappa shape index (κ1) is 15.8. The third-order valence-corrected chi connectivity index (χ3v) is 4.38. The summed E-state index contributed by atoms with van der Waals surface area (Å²) < 4.78 is 6.70. The maximum atomic E-state index is 10.5. The van der Waals surface area contributed by atoms with Crippen LogP contribution in [0.5, 0.6) is 5.75 Å². The summed E-state index contributed by atoms with van der Waals surface area (Å²) in [6.45, 7) is 2.06. The SMILES string of the molecule is OC1(CNCCOc2ccc(Br)cc2)CCCCCC1. The van der Waals surface area contributed by atoms with E-state index in [0.717, 1.165) is 42.5 Å². The third kappa shape index (κ3) is 5.43. The van der Waals surface area contributed by atoms with Crippen molar-refractivity contribution in [1.29, 1.82) is 0 Å². The molecule has 4 heteroatoms. The predicted octanol–water partition coefficient (Wildman–Crippen LogP) is 3.50. The molecule has 0 unspecified atom stereocenters. The minimum Gasteiger partial charge on any atom is -0.492 e. The summed E-state index contributed by atoms with van der Waals surface area (Å²) in [7, 11) is 0. The summed E-state index contributed by atoms with van der Waals surface area (Å²) in [5.74, 6) is 0.878. The Morgan fingerprint density at radius 3 is 2.40 bits per heavy atom. The van der Waals surface area contributed by atoms with E-state index in [2.05, 4.69) is 21.2 Å². The molecule has 0 saturated heterocycles. The van der Waals surface area contributed by atoms with Crippen molar-refractivity contribution in [1.82, 2.24) is 5.32 Å². The minimum absolute atomic E-state index is 0.506. The molecule has 0 spiro atoms. The smallest absolute Gasteiger partial charge is 0.119 e. The van der Waals surface area contributed by atoms with Crippen LogP contribution in [0.4, 0.5) is 0 Å². The molecule has 1 aromatic rings. The first-order valence-electron chi connectivity index (χ1n) is 7.49. The molecule has 20 heavy (non-hydrogen) atoms. The molecule has 1 fully saturated rings. The lowest BCUT2D eigenvalue weighted by atomic mass is 9.94. The van der Waals surface area contributed by atoms with Gasteiger partial charge in [0.1, 0.15) is 12.4 Å². The molecule has 2 rings (SSSR count). The van der Waals surface area contributed by atoms with Gasteiger partial charge in [0.2, 0.25) is 0 Å². The van der Waals surface area contributed by atoms with Crippen LogP contribution in [0.3, 0.4) is 0 Å². The molecule has 0 atom stereocenters. The van der Waals surface area contributed by atoms with E-state index < -0.39 is 5.60 Å². The number of nitrogens with one attached hydrogen (secondary N) is 1. The van der Waals surface area contributed by atoms with Crippen LogP contribution in [0.2, 0.25) is 0 Å². The van der Waals surface area contributed by atoms with Crippen LogP contribution in [0, 0.1) is 0 Å². The molecule has 0 radical (unpaired) electrons. The molecular formula is C16H24BrNO2. The largest absolute Gasteiger partial charge is 0.492 e. The minimum atomic E-state index is -0.506. The van der Waals surface area contributed by atoms with Gasteiger partial charge >= 0.3 is 0 Å². The highest BCUT2D eigenvalue weighted by Crippen LogP contribution is 2.26. The summed E-state index contributed by atoms with van der Waals surface area (Å²) in [6.07, 6.45) is 6.66. The Hall–Kier alpha value is -0.580. The van der Waals surface area contributed by atoms with E-state index in [1.54, 1.807) is 0 Å². The molecule has 1 aromatic carbocycles. The van der Waals surface area contributed by atoms with E-state index in [0.29, 0.717) is 13.2 Å². The fourth-order valence-electron chi connectivity index (χ4n) is 2.66. The lowest BCUT2D eigenvalue weighted by Crippen LogP contribution is -2.41. The average molecular weight is 342 g/mol. The Balaban J connectivity index is 1.62. The molecule has 0 heterocycles. The van der Waals surface area contributed by atoms with Gasteiger partial charge in [-0.2, -0.15) is 0 Å². The molecule has 1 aliphatic carbocycles. The molecule has 0 amide bonds. The Morgan fingerprint density at radius 2 is 1.75 bits per heavy atom. The second-order valence-electron chi connectivity index (χ2n) is 5.62. The first-order valence-corrected chi connectivity index (χ1v) is 8.29. The molecule has 112 valence electrons. The Kier molecular flexibility index (Phi) is 6.33. The number of rotatable bonds is 6. The van der Waals surface area contributed by atoms with Gasteiger partial charge in [0.15, 0.2) is 0 Å². The fraction of sp³-hybridized carbons (Fsp3) is 0.625. The highest BCUT2D eigenvalue weighted by Gasteiger charge is 2.27. The first-order chi connectivity index (χ1) is 9.68. The van der Waals surface area contributed by atoms with Crippen LogP contribution in [-0.4, -0.2) is 30.4 Å². The number of hydrogen-bond acceptors (Lipinski definition) is 3. The van der Waals surface area contributed by atoms with Crippen molar-refractivity contribution in [2.24, 2.45) is 0 Å². The van der Waals surface area contributed by atoms with Crippen molar-refractivity contribution in [3.63, 3.8) is 0 Å². The highest BCUT2D eigenvalue weighted by atomic mass is 79.9. The van der Waals surface area contributed by atoms with Gasteiger partial charge in [-0.3, -0.25) is 0 Å². The van der Waals surface area contributed by atoms with Gasteiger partial charge in [0.25, 0.3) is 0 Å². The second-order valence-corrected chi connectivity index (χ2v) is 6.53. The molecular weight excluding hydrogens is 318 g/mol. The van der Waals surface area contributed by atoms with E-state index in [1.807, 2.05) is 24.3 Å². The lowest BCUT2D eigenvalue weighted by molar-refractivity contribution is 0.0248. The summed E-state index contributed by atoms with van der Waals surface area (Å²) in [5.41, 5.74) is -0.506. The van der Waals surface area contributed by atoms with E-state index in [4.69, 9.17) is 4.74 Å². The van der Waals surface area contributed by atoms with Crippen molar-refractivity contribution in [3.8, 4) is 5.75 Å². The zero-order chi connectivity index (χ0) is 14.3. The lowest BCUT2D eigenvalue weighted by Gasteiger charge is -2.26. The van der Waals surface area contributed by atoms with E-state index in [1.165, 1.54) is 12.8 Å². The van der Waals surface area contributed by atoms with Gasteiger partial charge in [-0.05, 0) is 37.1 Å². The summed E-state index contributed by atoms with van der Waals surface area (Å²) >= 11 is 3.40. The monoisotopic (exact) mass is 341 g/mol. The summed E-state index contributed by atoms with van der Waals surface area (Å²) in [5, 5.41) is 13.8. The zero-order valence-corrected chi connectivity index (χ0v) is 13.5. The number of aliphatic hydroxyl groups is 1. The van der Waals surface area contributed by atoms with Crippen LogP contribution in [0.1, 0.15) is 38.5 Å². The van der Waals surface area contributed by atoms with E-state index in [9.17, 15) is 5.11 Å². The van der Waals surface area contributed by atoms with Gasteiger partial charge in [-0.15, -0.1) is 0 Å². The van der Waals surface area contributed by atoms with Gasteiger partial charge in [0, 0.05) is 17.6 Å². The van der Waals surface area contributed by atoms with Gasteiger partial charge in [-0.25, -0.2) is 0 Å². The molecule has 2 N–H and O–H groups in total. The zero-order valence-electron chi connectivity index (χ0n) is 11.9. The summed E-state index contributed by atoms with van der Waals surface area (Å²) in [4.78, 5) is 0. The number of hydrogen-bond donors (Lipinski definition) is 2. The second kappa shape index (κ2) is 8.01. The van der Waals surface area contributed by atoms with Crippen molar-refractivity contribution in [2.75, 3.05) is 19.7 Å². The van der Waals surface area contributed by atoms with E-state index >= 15 is 0 Å². The molecule has 0 aliphatic heterocycles. The van der Waals surface area contributed by atoms with Crippen LogP contribution in [0.25, 0.3) is 0 Å². The third-order valence-electron chi connectivity index (χ3n) is 3.85. The van der Waals surface area contributed by atoms with Crippen LogP contribution >= 0.6 is 15.9 Å². The van der Waals surface area contributed by atoms with Gasteiger partial charge in [-0.1, -0.05) is 41.6 Å². The fourth-order valence-corrected chi connectivity index (χ4v) is 2.92. The van der Waals surface area contributed by atoms with Gasteiger partial charge < -0.3 is 15.2 Å². The van der Waals surface area contributed by atoms with Crippen LogP contribution < -0.4 is 10.1 Å². The van der Waals surface area contributed by atoms with Crippen molar-refractivity contribution >= 4 is 15.9 Å². The highest BCUT2D eigenvalue weighted by molar-refractivity contribution is 9.10. The average Bonchev–Trinajstić information content (AvgIpc) is 2.66. The molecule has 1 aliphatic rings. The van der Waals surface area contributed by atoms with E-state index in [-0.39, 0.29) is 0 Å². The standard InChI is InChI=1S/C16H24BrNO2/c17-14-5-7-15(8-6-14)20-12-11-18-13-16(19)9-3-1-2-4-10-16/h5-8,18-19H,1-4,9-13H2. The number of halogens is 1. The predicted molar refractivity (Wildman–Crippen MR) is 85.2 cm³/mol. The molecule has 3 nitrogen and oxygen atoms in total. The molecule has 1 saturated carbocycles. The Bertz CT molecular complexity index is 386. The normalized spacial score (nSPS) is 18.5. The Morgan fingerprint density at radius 1 is 1.10 bits per heavy atom. The van der Waals surface area contributed by atoms with Crippen LogP contribution in [0.15, 0.2) is 28.7 Å². The maximum Gasteiger partial charge on any atom is 0.119 e. The molecule has 0 bridgehead atoms. The Labute approximate surface area is 129 Å². The topological polar surface area (TPSA) is 41.5 Å². The maximum absolute atomic E-state index is 10.5. The number of benzene rings is 1. The number of ether oxygens (including phenoxy) is 1. The quantitative estimate of drug-likeness (QED) is 0.614. The summed E-state index contributed by atoms with van der Waals surface area (Å²) in [6, 6.07) is 7.83. The van der Waals surface area contributed by atoms with Crippen molar-refractivity contribution < 1.29 is 9.84 Å². The van der Waals surface area contributed by atoms with Crippen LogP contribution in [-0.2, 0) is 0 Å². The van der Waals surface area contributed by atoms with Gasteiger partial charge in [0.05, 0.1) is 5.60 Å².